The Bertz CT molecular complexity index is 724. The first kappa shape index (κ1) is 18.5. The van der Waals surface area contributed by atoms with Crippen molar-refractivity contribution in [2.45, 2.75) is 65.7 Å². The molecule has 0 amide bonds. The molecule has 24 heavy (non-hydrogen) atoms. The second-order valence-electron chi connectivity index (χ2n) is 7.13. The average molecular weight is 332 g/mol. The third-order valence-electron chi connectivity index (χ3n) is 4.26. The number of fused-ring (bicyclic) bond motifs is 1. The van der Waals surface area contributed by atoms with E-state index in [9.17, 15) is 4.79 Å². The zero-order valence-electron chi connectivity index (χ0n) is 15.7. The van der Waals surface area contributed by atoms with E-state index in [0.717, 1.165) is 23.1 Å². The molecule has 0 aliphatic carbocycles. The Morgan fingerprint density at radius 1 is 1.38 bits per heavy atom. The van der Waals surface area contributed by atoms with Gasteiger partial charge in [0.1, 0.15) is 11.2 Å². The maximum absolute atomic E-state index is 12.7. The summed E-state index contributed by atoms with van der Waals surface area (Å²) in [5.74, 6) is -0.311. The van der Waals surface area contributed by atoms with Crippen LogP contribution in [0.1, 0.15) is 63.1 Å². The van der Waals surface area contributed by atoms with Gasteiger partial charge in [0.15, 0.2) is 0 Å². The van der Waals surface area contributed by atoms with E-state index >= 15 is 0 Å². The third kappa shape index (κ3) is 3.46. The Morgan fingerprint density at radius 3 is 2.58 bits per heavy atom. The quantitative estimate of drug-likeness (QED) is 0.767. The molecule has 0 radical (unpaired) electrons. The Hall–Kier alpha value is -1.88. The molecule has 0 aromatic carbocycles. The highest BCUT2D eigenvalue weighted by Gasteiger charge is 2.29. The van der Waals surface area contributed by atoms with Crippen molar-refractivity contribution in [2.24, 2.45) is 0 Å². The van der Waals surface area contributed by atoms with Gasteiger partial charge in [-0.15, -0.1) is 0 Å². The van der Waals surface area contributed by atoms with Gasteiger partial charge < -0.3 is 14.0 Å². The lowest BCUT2D eigenvalue weighted by Gasteiger charge is -2.25. The van der Waals surface area contributed by atoms with Gasteiger partial charge in [-0.05, 0) is 53.2 Å². The zero-order valence-corrected chi connectivity index (χ0v) is 15.7. The van der Waals surface area contributed by atoms with E-state index in [4.69, 9.17) is 9.47 Å². The van der Waals surface area contributed by atoms with Gasteiger partial charge in [0, 0.05) is 24.4 Å². The van der Waals surface area contributed by atoms with Crippen LogP contribution in [-0.2, 0) is 9.47 Å². The maximum atomic E-state index is 12.7. The largest absolute Gasteiger partial charge is 0.456 e. The van der Waals surface area contributed by atoms with Gasteiger partial charge in [-0.3, -0.25) is 0 Å². The van der Waals surface area contributed by atoms with Crippen LogP contribution in [0.15, 0.2) is 18.3 Å². The van der Waals surface area contributed by atoms with Crippen LogP contribution in [0, 0.1) is 6.92 Å². The number of hydrogen-bond donors (Lipinski definition) is 0. The highest BCUT2D eigenvalue weighted by atomic mass is 16.6. The summed E-state index contributed by atoms with van der Waals surface area (Å²) in [6.45, 7) is 11.8. The predicted molar refractivity (Wildman–Crippen MR) is 95.4 cm³/mol. The van der Waals surface area contributed by atoms with Gasteiger partial charge in [0.05, 0.1) is 17.7 Å². The minimum atomic E-state index is -0.537. The van der Waals surface area contributed by atoms with E-state index in [1.807, 2.05) is 39.8 Å². The van der Waals surface area contributed by atoms with Crippen molar-refractivity contribution in [3.05, 3.63) is 29.6 Å². The molecule has 2 aromatic rings. The number of ether oxygens (including phenoxy) is 2. The fraction of sp³-hybridized carbons (Fsp3) is 0.579. The predicted octanol–water partition coefficient (Wildman–Crippen LogP) is 4.29. The summed E-state index contributed by atoms with van der Waals surface area (Å²) >= 11 is 0. The fourth-order valence-electron chi connectivity index (χ4n) is 3.21. The maximum Gasteiger partial charge on any atom is 0.341 e. The number of pyridine rings is 1. The first-order valence-electron chi connectivity index (χ1n) is 8.42. The molecule has 2 aromatic heterocycles. The van der Waals surface area contributed by atoms with Crippen LogP contribution in [-0.4, -0.2) is 34.3 Å². The van der Waals surface area contributed by atoms with Gasteiger partial charge in [-0.25, -0.2) is 9.78 Å². The minimum Gasteiger partial charge on any atom is -0.456 e. The monoisotopic (exact) mass is 332 g/mol. The smallest absolute Gasteiger partial charge is 0.341 e. The molecule has 2 atom stereocenters. The topological polar surface area (TPSA) is 53.4 Å². The van der Waals surface area contributed by atoms with Crippen molar-refractivity contribution >= 4 is 17.0 Å². The van der Waals surface area contributed by atoms with Crippen LogP contribution in [0.4, 0.5) is 0 Å². The van der Waals surface area contributed by atoms with E-state index in [1.165, 1.54) is 0 Å². The van der Waals surface area contributed by atoms with Crippen LogP contribution in [0.5, 0.6) is 0 Å². The van der Waals surface area contributed by atoms with Crippen LogP contribution < -0.4 is 0 Å². The van der Waals surface area contributed by atoms with Crippen LogP contribution in [0.2, 0.25) is 0 Å². The molecule has 2 rings (SSSR count). The van der Waals surface area contributed by atoms with E-state index in [2.05, 4.69) is 23.4 Å². The lowest BCUT2D eigenvalue weighted by atomic mass is 10.1. The number of carbonyl (C=O) groups excluding carboxylic acids is 1. The molecule has 132 valence electrons. The highest BCUT2D eigenvalue weighted by Crippen LogP contribution is 2.31. The molecule has 5 heteroatoms. The molecule has 0 fully saturated rings. The molecule has 0 N–H and O–H groups in total. The summed E-state index contributed by atoms with van der Waals surface area (Å²) in [5, 5.41) is 0.821. The number of aromatic nitrogens is 2. The average Bonchev–Trinajstić information content (AvgIpc) is 2.78. The molecule has 0 bridgehead atoms. The molecular formula is C19H28N2O3. The number of rotatable bonds is 5. The summed E-state index contributed by atoms with van der Waals surface area (Å²) in [6, 6.07) is 3.83. The lowest BCUT2D eigenvalue weighted by Crippen LogP contribution is -2.26. The van der Waals surface area contributed by atoms with Crippen LogP contribution in [0.3, 0.4) is 0 Å². The van der Waals surface area contributed by atoms with Crippen molar-refractivity contribution in [2.75, 3.05) is 7.11 Å². The Kier molecular flexibility index (Phi) is 5.33. The third-order valence-corrected chi connectivity index (χ3v) is 4.26. The standard InChI is InChI=1S/C19H28N2O3/c1-8-15(23-7)12(2)21-13(3)16(18(22)24-19(4,5)6)14-10-9-11-20-17(14)21/h9-12,15H,8H2,1-7H3. The van der Waals surface area contributed by atoms with Crippen molar-refractivity contribution in [1.82, 2.24) is 9.55 Å². The summed E-state index contributed by atoms with van der Waals surface area (Å²) in [5.41, 5.74) is 1.70. The van der Waals surface area contributed by atoms with E-state index in [1.54, 1.807) is 13.3 Å². The molecule has 5 nitrogen and oxygen atoms in total. The van der Waals surface area contributed by atoms with Crippen molar-refractivity contribution < 1.29 is 14.3 Å². The summed E-state index contributed by atoms with van der Waals surface area (Å²) in [7, 11) is 1.72. The second kappa shape index (κ2) is 6.93. The molecule has 0 saturated heterocycles. The molecule has 0 spiro atoms. The minimum absolute atomic E-state index is 0.0489. The Morgan fingerprint density at radius 2 is 2.04 bits per heavy atom. The number of esters is 1. The number of carbonyl (C=O) groups is 1. The van der Waals surface area contributed by atoms with E-state index in [-0.39, 0.29) is 18.1 Å². The summed E-state index contributed by atoms with van der Waals surface area (Å²) in [4.78, 5) is 17.3. The first-order chi connectivity index (χ1) is 11.2. The van der Waals surface area contributed by atoms with Crippen molar-refractivity contribution in [3.8, 4) is 0 Å². The van der Waals surface area contributed by atoms with Crippen LogP contribution in [0.25, 0.3) is 11.0 Å². The Balaban J connectivity index is 2.62. The first-order valence-corrected chi connectivity index (χ1v) is 8.42. The number of hydrogen-bond acceptors (Lipinski definition) is 4. The van der Waals surface area contributed by atoms with E-state index < -0.39 is 5.60 Å². The van der Waals surface area contributed by atoms with Crippen LogP contribution >= 0.6 is 0 Å². The molecule has 0 aliphatic heterocycles. The van der Waals surface area contributed by atoms with Crippen molar-refractivity contribution in [3.63, 3.8) is 0 Å². The summed E-state index contributed by atoms with van der Waals surface area (Å²) < 4.78 is 13.3. The zero-order chi connectivity index (χ0) is 18.1. The van der Waals surface area contributed by atoms with Gasteiger partial charge in [-0.1, -0.05) is 6.92 Å². The molecule has 2 unspecified atom stereocenters. The van der Waals surface area contributed by atoms with Gasteiger partial charge in [0.2, 0.25) is 0 Å². The van der Waals surface area contributed by atoms with E-state index in [0.29, 0.717) is 5.56 Å². The fourth-order valence-corrected chi connectivity index (χ4v) is 3.21. The summed E-state index contributed by atoms with van der Waals surface area (Å²) in [6.07, 6.45) is 2.68. The highest BCUT2D eigenvalue weighted by molar-refractivity contribution is 6.05. The van der Waals surface area contributed by atoms with Gasteiger partial charge in [0.25, 0.3) is 0 Å². The number of methoxy groups -OCH3 is 1. The van der Waals surface area contributed by atoms with Gasteiger partial charge >= 0.3 is 5.97 Å². The Labute approximate surface area is 144 Å². The molecular weight excluding hydrogens is 304 g/mol. The lowest BCUT2D eigenvalue weighted by molar-refractivity contribution is 0.00699. The van der Waals surface area contributed by atoms with Crippen molar-refractivity contribution in [1.29, 1.82) is 0 Å². The SMILES string of the molecule is CCC(OC)C(C)n1c(C)c(C(=O)OC(C)(C)C)c2cccnc21. The molecule has 2 heterocycles. The number of nitrogens with zero attached hydrogens (tertiary/aromatic N) is 2. The molecule has 0 aliphatic rings. The van der Waals surface area contributed by atoms with Gasteiger partial charge in [-0.2, -0.15) is 0 Å². The molecule has 0 saturated carbocycles. The second-order valence-corrected chi connectivity index (χ2v) is 7.13. The normalized spacial score (nSPS) is 14.6.